The van der Waals surface area contributed by atoms with Crippen LogP contribution in [0.4, 0.5) is 0 Å². The standard InChI is InChI=1S/C5H9NO2/c1-4(2-3-6)5(7)8/h2-4H,6H2,1H3,(H,7,8). The van der Waals surface area contributed by atoms with Crippen LogP contribution < -0.4 is 5.73 Å². The molecule has 0 bridgehead atoms. The lowest BCUT2D eigenvalue weighted by Crippen LogP contribution is -2.06. The zero-order valence-corrected chi connectivity index (χ0v) is 4.66. The second-order valence-corrected chi connectivity index (χ2v) is 1.51. The molecule has 1 unspecified atom stereocenters. The van der Waals surface area contributed by atoms with Crippen LogP contribution in [0, 0.1) is 5.92 Å². The van der Waals surface area contributed by atoms with E-state index in [1.165, 1.54) is 12.3 Å². The minimum Gasteiger partial charge on any atom is -0.481 e. The SMILES string of the molecule is CC(C=CN)C(=O)O. The van der Waals surface area contributed by atoms with Gasteiger partial charge in [-0.1, -0.05) is 6.08 Å². The summed E-state index contributed by atoms with van der Waals surface area (Å²) in [5.74, 6) is -1.33. The maximum Gasteiger partial charge on any atom is 0.310 e. The van der Waals surface area contributed by atoms with Crippen molar-refractivity contribution in [1.82, 2.24) is 0 Å². The number of hydrogen-bond donors (Lipinski definition) is 2. The normalized spacial score (nSPS) is 14.1. The summed E-state index contributed by atoms with van der Waals surface area (Å²) in [6.07, 6.45) is 2.65. The molecule has 0 aromatic carbocycles. The van der Waals surface area contributed by atoms with Gasteiger partial charge in [-0.05, 0) is 13.1 Å². The Bertz CT molecular complexity index is 109. The van der Waals surface area contributed by atoms with Gasteiger partial charge in [0.25, 0.3) is 0 Å². The Balaban J connectivity index is 3.64. The average molecular weight is 115 g/mol. The van der Waals surface area contributed by atoms with Crippen molar-refractivity contribution in [3.63, 3.8) is 0 Å². The Labute approximate surface area is 47.8 Å². The van der Waals surface area contributed by atoms with Crippen LogP contribution in [0.15, 0.2) is 12.3 Å². The van der Waals surface area contributed by atoms with Gasteiger partial charge in [-0.15, -0.1) is 0 Å². The Morgan fingerprint density at radius 2 is 2.38 bits per heavy atom. The molecule has 0 spiro atoms. The molecule has 1 atom stereocenters. The molecule has 0 aliphatic carbocycles. The Morgan fingerprint density at radius 3 is 2.50 bits per heavy atom. The smallest absolute Gasteiger partial charge is 0.310 e. The van der Waals surface area contributed by atoms with Gasteiger partial charge < -0.3 is 10.8 Å². The minimum absolute atomic E-state index is 0.472. The molecular formula is C5H9NO2. The fourth-order valence-corrected chi connectivity index (χ4v) is 0.249. The van der Waals surface area contributed by atoms with Crippen LogP contribution in [0.25, 0.3) is 0 Å². The first-order chi connectivity index (χ1) is 3.68. The highest BCUT2D eigenvalue weighted by Crippen LogP contribution is 1.93. The second-order valence-electron chi connectivity index (χ2n) is 1.51. The van der Waals surface area contributed by atoms with Crippen molar-refractivity contribution in [2.75, 3.05) is 0 Å². The zero-order valence-electron chi connectivity index (χ0n) is 4.66. The predicted octanol–water partition coefficient (Wildman–Crippen LogP) is 0.180. The van der Waals surface area contributed by atoms with Crippen LogP contribution in [0.2, 0.25) is 0 Å². The highest BCUT2D eigenvalue weighted by Gasteiger charge is 2.03. The molecular weight excluding hydrogens is 106 g/mol. The highest BCUT2D eigenvalue weighted by atomic mass is 16.4. The molecule has 46 valence electrons. The number of carboxylic acid groups (broad SMARTS) is 1. The summed E-state index contributed by atoms with van der Waals surface area (Å²) < 4.78 is 0. The molecule has 0 saturated heterocycles. The van der Waals surface area contributed by atoms with Crippen LogP contribution in [-0.4, -0.2) is 11.1 Å². The van der Waals surface area contributed by atoms with Gasteiger partial charge in [0, 0.05) is 0 Å². The fraction of sp³-hybridized carbons (Fsp3) is 0.400. The van der Waals surface area contributed by atoms with Gasteiger partial charge in [0.15, 0.2) is 0 Å². The van der Waals surface area contributed by atoms with Gasteiger partial charge in [-0.25, -0.2) is 0 Å². The van der Waals surface area contributed by atoms with E-state index >= 15 is 0 Å². The van der Waals surface area contributed by atoms with Crippen molar-refractivity contribution in [2.45, 2.75) is 6.92 Å². The van der Waals surface area contributed by atoms with Crippen molar-refractivity contribution in [2.24, 2.45) is 11.7 Å². The third-order valence-corrected chi connectivity index (χ3v) is 0.789. The van der Waals surface area contributed by atoms with Crippen LogP contribution in [0.1, 0.15) is 6.92 Å². The largest absolute Gasteiger partial charge is 0.481 e. The van der Waals surface area contributed by atoms with Crippen molar-refractivity contribution in [1.29, 1.82) is 0 Å². The lowest BCUT2D eigenvalue weighted by Gasteiger charge is -1.93. The molecule has 0 aromatic rings. The molecule has 0 rings (SSSR count). The summed E-state index contributed by atoms with van der Waals surface area (Å²) in [4.78, 5) is 9.98. The third-order valence-electron chi connectivity index (χ3n) is 0.789. The molecule has 0 aromatic heterocycles. The predicted molar refractivity (Wildman–Crippen MR) is 30.1 cm³/mol. The van der Waals surface area contributed by atoms with Gasteiger partial charge in [-0.3, -0.25) is 4.79 Å². The van der Waals surface area contributed by atoms with Crippen LogP contribution in [0.5, 0.6) is 0 Å². The van der Waals surface area contributed by atoms with E-state index in [1.807, 2.05) is 0 Å². The summed E-state index contributed by atoms with van der Waals surface area (Å²) in [6, 6.07) is 0. The Kier molecular flexibility index (Phi) is 2.69. The second kappa shape index (κ2) is 3.07. The lowest BCUT2D eigenvalue weighted by atomic mass is 10.2. The van der Waals surface area contributed by atoms with Gasteiger partial charge in [0.05, 0.1) is 5.92 Å². The van der Waals surface area contributed by atoms with E-state index in [2.05, 4.69) is 0 Å². The van der Waals surface area contributed by atoms with E-state index in [9.17, 15) is 4.79 Å². The first kappa shape index (κ1) is 7.01. The lowest BCUT2D eigenvalue weighted by molar-refractivity contribution is -0.139. The monoisotopic (exact) mass is 115 g/mol. The van der Waals surface area contributed by atoms with Gasteiger partial charge in [0.2, 0.25) is 0 Å². The van der Waals surface area contributed by atoms with Crippen molar-refractivity contribution in [3.05, 3.63) is 12.3 Å². The maximum atomic E-state index is 9.98. The summed E-state index contributed by atoms with van der Waals surface area (Å²) in [6.45, 7) is 1.56. The maximum absolute atomic E-state index is 9.98. The minimum atomic E-state index is -0.855. The molecule has 0 amide bonds. The van der Waals surface area contributed by atoms with E-state index in [0.29, 0.717) is 0 Å². The number of nitrogens with two attached hydrogens (primary N) is 1. The Hall–Kier alpha value is -0.990. The molecule has 0 fully saturated rings. The molecule has 0 heterocycles. The number of hydrogen-bond acceptors (Lipinski definition) is 2. The van der Waals surface area contributed by atoms with Crippen LogP contribution in [0.3, 0.4) is 0 Å². The first-order valence-corrected chi connectivity index (χ1v) is 2.29. The van der Waals surface area contributed by atoms with Crippen LogP contribution in [-0.2, 0) is 4.79 Å². The van der Waals surface area contributed by atoms with Crippen molar-refractivity contribution < 1.29 is 9.90 Å². The van der Waals surface area contributed by atoms with Gasteiger partial charge in [0.1, 0.15) is 0 Å². The molecule has 0 aliphatic heterocycles. The number of carbonyl (C=O) groups is 1. The molecule has 0 radical (unpaired) electrons. The molecule has 0 saturated carbocycles. The van der Waals surface area contributed by atoms with Gasteiger partial charge >= 0.3 is 5.97 Å². The average Bonchev–Trinajstić information content (AvgIpc) is 1.67. The summed E-state index contributed by atoms with van der Waals surface area (Å²) in [5.41, 5.74) is 4.92. The Morgan fingerprint density at radius 1 is 1.88 bits per heavy atom. The van der Waals surface area contributed by atoms with Gasteiger partial charge in [-0.2, -0.15) is 0 Å². The van der Waals surface area contributed by atoms with E-state index < -0.39 is 11.9 Å². The van der Waals surface area contributed by atoms with Crippen LogP contribution >= 0.6 is 0 Å². The summed E-state index contributed by atoms with van der Waals surface area (Å²) in [5, 5.41) is 8.21. The molecule has 8 heavy (non-hydrogen) atoms. The number of aliphatic carboxylic acids is 1. The molecule has 3 N–H and O–H groups in total. The molecule has 3 heteroatoms. The zero-order chi connectivity index (χ0) is 6.57. The fourth-order valence-electron chi connectivity index (χ4n) is 0.249. The number of rotatable bonds is 2. The first-order valence-electron chi connectivity index (χ1n) is 2.29. The summed E-state index contributed by atoms with van der Waals surface area (Å²) >= 11 is 0. The van der Waals surface area contributed by atoms with E-state index in [4.69, 9.17) is 10.8 Å². The van der Waals surface area contributed by atoms with E-state index in [1.54, 1.807) is 6.92 Å². The molecule has 3 nitrogen and oxygen atoms in total. The van der Waals surface area contributed by atoms with E-state index in [0.717, 1.165) is 0 Å². The van der Waals surface area contributed by atoms with Crippen molar-refractivity contribution in [3.8, 4) is 0 Å². The number of carboxylic acids is 1. The van der Waals surface area contributed by atoms with Crippen molar-refractivity contribution >= 4 is 5.97 Å². The quantitative estimate of drug-likeness (QED) is 0.539. The van der Waals surface area contributed by atoms with E-state index in [-0.39, 0.29) is 0 Å². The highest BCUT2D eigenvalue weighted by molar-refractivity contribution is 5.71. The third kappa shape index (κ3) is 2.23. The summed E-state index contributed by atoms with van der Waals surface area (Å²) in [7, 11) is 0. The topological polar surface area (TPSA) is 63.3 Å². The molecule has 0 aliphatic rings.